The van der Waals surface area contributed by atoms with Gasteiger partial charge in [-0.1, -0.05) is 0 Å². The molecule has 3 heterocycles. The number of aromatic nitrogens is 3. The Morgan fingerprint density at radius 2 is 2.20 bits per heavy atom. The molecule has 0 aliphatic carbocycles. The highest BCUT2D eigenvalue weighted by Crippen LogP contribution is 2.28. The van der Waals surface area contributed by atoms with E-state index in [1.807, 2.05) is 24.5 Å². The number of nitrogens with one attached hydrogen (secondary N) is 1. The molecule has 1 atom stereocenters. The number of fused-ring (bicyclic) bond motifs is 2. The van der Waals surface area contributed by atoms with Crippen molar-refractivity contribution < 1.29 is 4.74 Å². The largest absolute Gasteiger partial charge is 0.383 e. The molecule has 1 saturated heterocycles. The van der Waals surface area contributed by atoms with Crippen molar-refractivity contribution in [3.63, 3.8) is 0 Å². The van der Waals surface area contributed by atoms with E-state index in [2.05, 4.69) is 49.9 Å². The van der Waals surface area contributed by atoms with Gasteiger partial charge in [0.05, 0.1) is 29.3 Å². The van der Waals surface area contributed by atoms with Gasteiger partial charge in [0.25, 0.3) is 0 Å². The first-order chi connectivity index (χ1) is 14.8. The van der Waals surface area contributed by atoms with Crippen molar-refractivity contribution in [3.8, 4) is 11.8 Å². The number of hydrogen-bond acceptors (Lipinski definition) is 4. The van der Waals surface area contributed by atoms with Gasteiger partial charge in [0.2, 0.25) is 0 Å². The predicted octanol–water partition coefficient (Wildman–Crippen LogP) is 4.03. The van der Waals surface area contributed by atoms with E-state index in [1.54, 1.807) is 7.11 Å². The number of benzene rings is 2. The summed E-state index contributed by atoms with van der Waals surface area (Å²) in [6.45, 7) is 2.95. The molecule has 2 aromatic carbocycles. The summed E-state index contributed by atoms with van der Waals surface area (Å²) in [5.74, 6) is 0. The Balaban J connectivity index is 1.47. The van der Waals surface area contributed by atoms with Crippen LogP contribution in [0.5, 0.6) is 0 Å². The Labute approximate surface area is 175 Å². The number of ether oxygens (including phenoxy) is 1. The number of likely N-dealkylation sites (tertiary alicyclic amines) is 1. The molecule has 5 rings (SSSR count). The average Bonchev–Trinajstić information content (AvgIpc) is 3.50. The van der Waals surface area contributed by atoms with Crippen LogP contribution in [0.15, 0.2) is 48.9 Å². The van der Waals surface area contributed by atoms with E-state index >= 15 is 0 Å². The van der Waals surface area contributed by atoms with Gasteiger partial charge in [-0.3, -0.25) is 9.47 Å². The SMILES string of the molecule is COCCN1CCC[C@@H]1Cc1c[nH]c2ccc(-n3cnc4cc(C#N)ccc43)cc12. The normalized spacial score (nSPS) is 17.1. The van der Waals surface area contributed by atoms with Crippen LogP contribution in [-0.2, 0) is 11.2 Å². The molecule has 1 aliphatic rings. The number of aromatic amines is 1. The van der Waals surface area contributed by atoms with Crippen LogP contribution in [0.2, 0.25) is 0 Å². The van der Waals surface area contributed by atoms with E-state index in [1.165, 1.54) is 23.8 Å². The minimum atomic E-state index is 0.571. The Morgan fingerprint density at radius 3 is 3.07 bits per heavy atom. The first kappa shape index (κ1) is 18.9. The lowest BCUT2D eigenvalue weighted by atomic mass is 10.0. The van der Waals surface area contributed by atoms with Crippen molar-refractivity contribution in [1.82, 2.24) is 19.4 Å². The molecule has 6 heteroatoms. The average molecular weight is 399 g/mol. The molecular formula is C24H25N5O. The van der Waals surface area contributed by atoms with Gasteiger partial charge in [-0.05, 0) is 67.8 Å². The minimum Gasteiger partial charge on any atom is -0.383 e. The summed E-state index contributed by atoms with van der Waals surface area (Å²) < 4.78 is 7.38. The summed E-state index contributed by atoms with van der Waals surface area (Å²) in [5.41, 5.74) is 6.07. The molecule has 1 N–H and O–H groups in total. The molecule has 2 aromatic heterocycles. The summed E-state index contributed by atoms with van der Waals surface area (Å²) in [5, 5.41) is 10.4. The molecule has 1 aliphatic heterocycles. The smallest absolute Gasteiger partial charge is 0.100 e. The lowest BCUT2D eigenvalue weighted by Gasteiger charge is -2.23. The van der Waals surface area contributed by atoms with Gasteiger partial charge >= 0.3 is 0 Å². The van der Waals surface area contributed by atoms with Crippen LogP contribution in [0.3, 0.4) is 0 Å². The molecule has 0 spiro atoms. The topological polar surface area (TPSA) is 69.9 Å². The number of imidazole rings is 1. The van der Waals surface area contributed by atoms with Crippen LogP contribution < -0.4 is 0 Å². The van der Waals surface area contributed by atoms with E-state index in [0.717, 1.165) is 48.4 Å². The number of nitrogens with zero attached hydrogens (tertiary/aromatic N) is 4. The highest BCUT2D eigenvalue weighted by atomic mass is 16.5. The quantitative estimate of drug-likeness (QED) is 0.531. The molecule has 152 valence electrons. The molecular weight excluding hydrogens is 374 g/mol. The second-order valence-electron chi connectivity index (χ2n) is 8.00. The zero-order chi connectivity index (χ0) is 20.5. The zero-order valence-corrected chi connectivity index (χ0v) is 17.1. The van der Waals surface area contributed by atoms with Crippen LogP contribution in [-0.4, -0.2) is 52.3 Å². The summed E-state index contributed by atoms with van der Waals surface area (Å²) in [4.78, 5) is 10.5. The second-order valence-corrected chi connectivity index (χ2v) is 8.00. The van der Waals surface area contributed by atoms with Crippen LogP contribution >= 0.6 is 0 Å². The summed E-state index contributed by atoms with van der Waals surface area (Å²) in [7, 11) is 1.77. The standard InChI is InChI=1S/C24H25N5O/c1-30-10-9-28-8-2-3-19(28)12-18-15-26-22-6-5-20(13-21(18)22)29-16-27-23-11-17(14-25)4-7-24(23)29/h4-7,11,13,15-16,19,26H,2-3,8-10,12H2,1H3/t19-/m1/s1. The first-order valence-corrected chi connectivity index (χ1v) is 10.5. The molecule has 0 saturated carbocycles. The van der Waals surface area contributed by atoms with E-state index in [9.17, 15) is 0 Å². The molecule has 0 bridgehead atoms. The third-order valence-electron chi connectivity index (χ3n) is 6.24. The van der Waals surface area contributed by atoms with Crippen molar-refractivity contribution in [2.45, 2.75) is 25.3 Å². The van der Waals surface area contributed by atoms with E-state index in [-0.39, 0.29) is 0 Å². The van der Waals surface area contributed by atoms with Gasteiger partial charge in [0.1, 0.15) is 6.33 Å². The van der Waals surface area contributed by atoms with Crippen LogP contribution in [0.4, 0.5) is 0 Å². The molecule has 6 nitrogen and oxygen atoms in total. The van der Waals surface area contributed by atoms with Crippen molar-refractivity contribution >= 4 is 21.9 Å². The van der Waals surface area contributed by atoms with Gasteiger partial charge in [-0.2, -0.15) is 5.26 Å². The lowest BCUT2D eigenvalue weighted by Crippen LogP contribution is -2.33. The Hall–Kier alpha value is -3.14. The van der Waals surface area contributed by atoms with Gasteiger partial charge in [-0.15, -0.1) is 0 Å². The third-order valence-corrected chi connectivity index (χ3v) is 6.24. The molecule has 4 aromatic rings. The second kappa shape index (κ2) is 7.94. The maximum absolute atomic E-state index is 9.13. The first-order valence-electron chi connectivity index (χ1n) is 10.5. The highest BCUT2D eigenvalue weighted by Gasteiger charge is 2.25. The number of methoxy groups -OCH3 is 1. The number of hydrogen-bond donors (Lipinski definition) is 1. The Kier molecular flexibility index (Phi) is 4.99. The molecule has 1 fully saturated rings. The third kappa shape index (κ3) is 3.36. The summed E-state index contributed by atoms with van der Waals surface area (Å²) in [6.07, 6.45) is 7.54. The van der Waals surface area contributed by atoms with Gasteiger partial charge in [-0.25, -0.2) is 4.98 Å². The fourth-order valence-corrected chi connectivity index (χ4v) is 4.66. The fraction of sp³-hybridized carbons (Fsp3) is 0.333. The highest BCUT2D eigenvalue weighted by molar-refractivity contribution is 5.86. The van der Waals surface area contributed by atoms with Crippen LogP contribution in [0.1, 0.15) is 24.0 Å². The number of nitriles is 1. The van der Waals surface area contributed by atoms with Gasteiger partial charge < -0.3 is 9.72 Å². The van der Waals surface area contributed by atoms with Gasteiger partial charge in [0, 0.05) is 42.5 Å². The predicted molar refractivity (Wildman–Crippen MR) is 118 cm³/mol. The Morgan fingerprint density at radius 1 is 1.27 bits per heavy atom. The maximum Gasteiger partial charge on any atom is 0.100 e. The summed E-state index contributed by atoms with van der Waals surface area (Å²) >= 11 is 0. The molecule has 0 amide bonds. The molecule has 0 unspecified atom stereocenters. The van der Waals surface area contributed by atoms with Crippen molar-refractivity contribution in [2.75, 3.05) is 26.8 Å². The van der Waals surface area contributed by atoms with Crippen molar-refractivity contribution in [2.24, 2.45) is 0 Å². The van der Waals surface area contributed by atoms with Gasteiger partial charge in [0.15, 0.2) is 0 Å². The molecule has 30 heavy (non-hydrogen) atoms. The lowest BCUT2D eigenvalue weighted by molar-refractivity contribution is 0.141. The monoisotopic (exact) mass is 399 g/mol. The van der Waals surface area contributed by atoms with E-state index < -0.39 is 0 Å². The fourth-order valence-electron chi connectivity index (χ4n) is 4.66. The Bertz CT molecular complexity index is 1230. The summed E-state index contributed by atoms with van der Waals surface area (Å²) in [6, 6.07) is 14.9. The van der Waals surface area contributed by atoms with Crippen LogP contribution in [0.25, 0.3) is 27.6 Å². The van der Waals surface area contributed by atoms with E-state index in [0.29, 0.717) is 11.6 Å². The van der Waals surface area contributed by atoms with Crippen LogP contribution in [0, 0.1) is 11.3 Å². The van der Waals surface area contributed by atoms with Crippen molar-refractivity contribution in [1.29, 1.82) is 5.26 Å². The number of rotatable bonds is 6. The molecule has 0 radical (unpaired) electrons. The minimum absolute atomic E-state index is 0.571. The zero-order valence-electron chi connectivity index (χ0n) is 17.1. The van der Waals surface area contributed by atoms with Crippen molar-refractivity contribution in [3.05, 3.63) is 60.0 Å². The maximum atomic E-state index is 9.13. The van der Waals surface area contributed by atoms with E-state index in [4.69, 9.17) is 10.00 Å². The number of H-pyrrole nitrogens is 1.